The van der Waals surface area contributed by atoms with E-state index in [4.69, 9.17) is 9.97 Å². The van der Waals surface area contributed by atoms with Crippen LogP contribution in [0.3, 0.4) is 0 Å². The van der Waals surface area contributed by atoms with E-state index < -0.39 is 21.8 Å². The smallest absolute Gasteiger partial charge is 0.394 e. The number of fused-ring (bicyclic) bond motifs is 2. The molecule has 6 rings (SSSR count). The van der Waals surface area contributed by atoms with Crippen LogP contribution in [-0.2, 0) is 16.2 Å². The van der Waals surface area contributed by atoms with Gasteiger partial charge in [-0.15, -0.1) is 0 Å². The zero-order valence-electron chi connectivity index (χ0n) is 19.6. The summed E-state index contributed by atoms with van der Waals surface area (Å²) in [6.07, 6.45) is 8.62. The van der Waals surface area contributed by atoms with E-state index in [1.165, 1.54) is 12.4 Å². The lowest BCUT2D eigenvalue weighted by Gasteiger charge is -2.42. The molecule has 8 nitrogen and oxygen atoms in total. The zero-order valence-corrected chi connectivity index (χ0v) is 21.2. The quantitative estimate of drug-likeness (QED) is 0.530. The number of thioether (sulfide) groups is 1. The number of aromatic nitrogens is 4. The highest BCUT2D eigenvalue weighted by Crippen LogP contribution is 2.56. The SMILES string of the molecule is O=[S@@]1CC2(CC2)c2nc(N3CCC(c4ncc(SC(F)(F)F)cn4)CC3)nc(NC3(CO)CCC3)c21. The first-order chi connectivity index (χ1) is 17.2. The standard InChI is InChI=1S/C23H27F3N6O2S2/c24-23(25,26)35-15-10-27-18(28-11-15)14-2-8-32(9-3-14)20-29-17-16(36(34)13-21(17)6-7-21)19(30-20)31-22(12-33)4-1-5-22/h10-11,14,33H,1-9,12-13H2,(H,29,30,31)/t36-/m1/s1. The fourth-order valence-corrected chi connectivity index (χ4v) is 7.74. The van der Waals surface area contributed by atoms with Gasteiger partial charge in [-0.1, -0.05) is 0 Å². The highest BCUT2D eigenvalue weighted by Gasteiger charge is 2.55. The molecule has 4 aliphatic rings. The van der Waals surface area contributed by atoms with Gasteiger partial charge in [-0.05, 0) is 56.7 Å². The van der Waals surface area contributed by atoms with Gasteiger partial charge in [0.2, 0.25) is 5.95 Å². The van der Waals surface area contributed by atoms with Crippen LogP contribution in [0.4, 0.5) is 24.9 Å². The Morgan fingerprint density at radius 3 is 2.39 bits per heavy atom. The molecule has 2 saturated carbocycles. The average molecular weight is 541 g/mol. The van der Waals surface area contributed by atoms with E-state index in [1.54, 1.807) is 0 Å². The van der Waals surface area contributed by atoms with E-state index in [1.807, 2.05) is 0 Å². The Balaban J connectivity index is 1.21. The second-order valence-electron chi connectivity index (χ2n) is 10.3. The van der Waals surface area contributed by atoms with Crippen molar-refractivity contribution in [3.05, 3.63) is 23.9 Å². The predicted molar refractivity (Wildman–Crippen MR) is 130 cm³/mol. The third-order valence-corrected chi connectivity index (χ3v) is 10.2. The third kappa shape index (κ3) is 4.47. The summed E-state index contributed by atoms with van der Waals surface area (Å²) in [6.45, 7) is 1.32. The number of hydrogen-bond donors (Lipinski definition) is 2. The van der Waals surface area contributed by atoms with Gasteiger partial charge < -0.3 is 15.3 Å². The largest absolute Gasteiger partial charge is 0.446 e. The van der Waals surface area contributed by atoms with Gasteiger partial charge in [0, 0.05) is 42.6 Å². The number of aliphatic hydroxyl groups is 1. The maximum Gasteiger partial charge on any atom is 0.446 e. The van der Waals surface area contributed by atoms with Crippen LogP contribution in [0.5, 0.6) is 0 Å². The number of hydrogen-bond acceptors (Lipinski definition) is 9. The highest BCUT2D eigenvalue weighted by atomic mass is 32.2. The van der Waals surface area contributed by atoms with Crippen molar-refractivity contribution in [2.45, 2.75) is 77.1 Å². The minimum absolute atomic E-state index is 0.00451. The van der Waals surface area contributed by atoms with Gasteiger partial charge in [-0.3, -0.25) is 4.21 Å². The Labute approximate surface area is 213 Å². The van der Waals surface area contributed by atoms with E-state index in [0.29, 0.717) is 41.3 Å². The molecule has 2 aromatic rings. The second kappa shape index (κ2) is 8.80. The maximum absolute atomic E-state index is 13.0. The number of rotatable bonds is 6. The number of nitrogens with one attached hydrogen (secondary N) is 1. The molecule has 0 unspecified atom stereocenters. The van der Waals surface area contributed by atoms with Crippen LogP contribution in [0.2, 0.25) is 0 Å². The number of aliphatic hydroxyl groups excluding tert-OH is 1. The number of alkyl halides is 3. The summed E-state index contributed by atoms with van der Waals surface area (Å²) in [4.78, 5) is 20.9. The van der Waals surface area contributed by atoms with Gasteiger partial charge in [-0.2, -0.15) is 18.2 Å². The van der Waals surface area contributed by atoms with E-state index in [2.05, 4.69) is 20.2 Å². The first-order valence-electron chi connectivity index (χ1n) is 12.2. The third-order valence-electron chi connectivity index (χ3n) is 7.87. The van der Waals surface area contributed by atoms with Crippen molar-refractivity contribution in [2.75, 3.05) is 35.7 Å². The molecule has 4 heterocycles. The molecule has 0 bridgehead atoms. The molecule has 194 valence electrons. The Kier molecular flexibility index (Phi) is 5.95. The van der Waals surface area contributed by atoms with Crippen molar-refractivity contribution >= 4 is 34.3 Å². The fourth-order valence-electron chi connectivity index (χ4n) is 5.40. The Morgan fingerprint density at radius 2 is 1.83 bits per heavy atom. The molecule has 36 heavy (non-hydrogen) atoms. The van der Waals surface area contributed by atoms with Gasteiger partial charge in [-0.25, -0.2) is 15.0 Å². The van der Waals surface area contributed by atoms with Gasteiger partial charge in [0.25, 0.3) is 0 Å². The summed E-state index contributed by atoms with van der Waals surface area (Å²) < 4.78 is 50.8. The lowest BCUT2D eigenvalue weighted by atomic mass is 9.77. The summed E-state index contributed by atoms with van der Waals surface area (Å²) in [5.41, 5.74) is -3.99. The molecule has 2 N–H and O–H groups in total. The van der Waals surface area contributed by atoms with Crippen molar-refractivity contribution in [1.82, 2.24) is 19.9 Å². The van der Waals surface area contributed by atoms with Crippen LogP contribution in [0.1, 0.15) is 62.4 Å². The molecule has 2 aliphatic carbocycles. The molecular weight excluding hydrogens is 513 g/mol. The normalized spacial score (nSPS) is 24.4. The molecule has 0 radical (unpaired) electrons. The molecule has 3 fully saturated rings. The summed E-state index contributed by atoms with van der Waals surface area (Å²) in [5, 5.41) is 13.4. The van der Waals surface area contributed by atoms with Gasteiger partial charge >= 0.3 is 5.51 Å². The number of anilines is 2. The van der Waals surface area contributed by atoms with Gasteiger partial charge in [0.1, 0.15) is 16.5 Å². The van der Waals surface area contributed by atoms with Crippen LogP contribution in [0, 0.1) is 0 Å². The first-order valence-corrected chi connectivity index (χ1v) is 14.4. The second-order valence-corrected chi connectivity index (χ2v) is 12.8. The van der Waals surface area contributed by atoms with E-state index in [9.17, 15) is 22.5 Å². The number of halogens is 3. The molecule has 2 aromatic heterocycles. The monoisotopic (exact) mass is 540 g/mol. The molecule has 2 aliphatic heterocycles. The Bertz CT molecular complexity index is 1170. The van der Waals surface area contributed by atoms with Crippen LogP contribution >= 0.6 is 11.8 Å². The maximum atomic E-state index is 13.0. The molecule has 1 spiro atoms. The van der Waals surface area contributed by atoms with Crippen LogP contribution in [0.15, 0.2) is 22.2 Å². The lowest BCUT2D eigenvalue weighted by molar-refractivity contribution is -0.0328. The summed E-state index contributed by atoms with van der Waals surface area (Å²) in [5.74, 6) is 2.39. The Morgan fingerprint density at radius 1 is 1.14 bits per heavy atom. The van der Waals surface area contributed by atoms with E-state index in [0.717, 1.165) is 50.6 Å². The van der Waals surface area contributed by atoms with E-state index in [-0.39, 0.29) is 34.6 Å². The summed E-state index contributed by atoms with van der Waals surface area (Å²) >= 11 is -0.212. The minimum Gasteiger partial charge on any atom is -0.394 e. The van der Waals surface area contributed by atoms with Crippen molar-refractivity contribution in [3.8, 4) is 0 Å². The molecule has 1 saturated heterocycles. The molecule has 1 atom stereocenters. The number of piperidine rings is 1. The van der Waals surface area contributed by atoms with E-state index >= 15 is 0 Å². The highest BCUT2D eigenvalue weighted by molar-refractivity contribution is 8.00. The van der Waals surface area contributed by atoms with Gasteiger partial charge in [0.05, 0.1) is 33.5 Å². The van der Waals surface area contributed by atoms with Crippen LogP contribution in [0.25, 0.3) is 0 Å². The molecule has 0 aromatic carbocycles. The topological polar surface area (TPSA) is 104 Å². The fraction of sp³-hybridized carbons (Fsp3) is 0.652. The molecular formula is C23H27F3N6O2S2. The molecule has 13 heteroatoms. The number of nitrogens with zero attached hydrogens (tertiary/aromatic N) is 5. The summed E-state index contributed by atoms with van der Waals surface area (Å²) in [7, 11) is -1.16. The van der Waals surface area contributed by atoms with Crippen molar-refractivity contribution in [2.24, 2.45) is 0 Å². The lowest BCUT2D eigenvalue weighted by Crippen LogP contribution is -2.49. The minimum atomic E-state index is -4.36. The Hall–Kier alpha value is -1.99. The van der Waals surface area contributed by atoms with Crippen molar-refractivity contribution < 1.29 is 22.5 Å². The van der Waals surface area contributed by atoms with Gasteiger partial charge in [0.15, 0.2) is 0 Å². The summed E-state index contributed by atoms with van der Waals surface area (Å²) in [6, 6.07) is 0. The molecule has 0 amide bonds. The van der Waals surface area contributed by atoms with Crippen molar-refractivity contribution in [1.29, 1.82) is 0 Å². The van der Waals surface area contributed by atoms with Crippen molar-refractivity contribution in [3.63, 3.8) is 0 Å². The first kappa shape index (κ1) is 24.4. The van der Waals surface area contributed by atoms with Crippen LogP contribution < -0.4 is 10.2 Å². The predicted octanol–water partition coefficient (Wildman–Crippen LogP) is 3.74. The zero-order chi connectivity index (χ0) is 25.1. The van der Waals surface area contributed by atoms with Crippen LogP contribution in [-0.4, -0.2) is 65.7 Å². The average Bonchev–Trinajstić information content (AvgIpc) is 3.54.